The fourth-order valence-electron chi connectivity index (χ4n) is 2.11. The van der Waals surface area contributed by atoms with Crippen LogP contribution in [0.4, 0.5) is 5.69 Å². The van der Waals surface area contributed by atoms with Crippen LogP contribution in [0.2, 0.25) is 0 Å². The highest BCUT2D eigenvalue weighted by Gasteiger charge is 2.11. The van der Waals surface area contributed by atoms with Crippen LogP contribution in [-0.4, -0.2) is 21.3 Å². The van der Waals surface area contributed by atoms with Crippen LogP contribution < -0.4 is 5.73 Å². The summed E-state index contributed by atoms with van der Waals surface area (Å²) in [5.74, 6) is 1.06. The average Bonchev–Trinajstić information content (AvgIpc) is 2.67. The van der Waals surface area contributed by atoms with Crippen LogP contribution in [-0.2, 0) is 13.0 Å². The van der Waals surface area contributed by atoms with Gasteiger partial charge in [0.25, 0.3) is 0 Å². The van der Waals surface area contributed by atoms with Crippen molar-refractivity contribution in [2.75, 3.05) is 12.3 Å². The van der Waals surface area contributed by atoms with E-state index in [1.54, 1.807) is 0 Å². The van der Waals surface area contributed by atoms with Crippen LogP contribution in [0.15, 0.2) is 18.2 Å². The molecule has 1 aromatic heterocycles. The van der Waals surface area contributed by atoms with Gasteiger partial charge in [0.1, 0.15) is 11.3 Å². The summed E-state index contributed by atoms with van der Waals surface area (Å²) in [4.78, 5) is 4.61. The molecule has 0 aliphatic rings. The summed E-state index contributed by atoms with van der Waals surface area (Å²) in [6.45, 7) is 3.14. The van der Waals surface area contributed by atoms with Gasteiger partial charge in [-0.2, -0.15) is 0 Å². The summed E-state index contributed by atoms with van der Waals surface area (Å²) >= 11 is 0. The van der Waals surface area contributed by atoms with Gasteiger partial charge in [0.05, 0.1) is 11.2 Å². The van der Waals surface area contributed by atoms with Crippen molar-refractivity contribution in [3.8, 4) is 0 Å². The van der Waals surface area contributed by atoms with Gasteiger partial charge in [-0.05, 0) is 25.0 Å². The number of aryl methyl sites for hydroxylation is 2. The number of aromatic nitrogens is 2. The molecule has 0 amide bonds. The number of aliphatic hydroxyl groups is 1. The minimum absolute atomic E-state index is 0.202. The van der Waals surface area contributed by atoms with Crippen LogP contribution in [0.1, 0.15) is 25.6 Å². The number of benzene rings is 1. The Kier molecular flexibility index (Phi) is 3.64. The molecule has 0 saturated carbocycles. The molecule has 2 aromatic rings. The maximum Gasteiger partial charge on any atom is 0.112 e. The van der Waals surface area contributed by atoms with E-state index in [9.17, 15) is 0 Å². The first-order valence-corrected chi connectivity index (χ1v) is 6.12. The number of nitrogens with two attached hydrogens (primary N) is 1. The summed E-state index contributed by atoms with van der Waals surface area (Å²) in [7, 11) is 0. The van der Waals surface area contributed by atoms with Crippen LogP contribution in [0, 0.1) is 0 Å². The standard InChI is InChI=1S/C13H19N3O/c1-2-5-12-15-13-10(14)6-3-7-11(13)16(12)8-4-9-17/h3,6-7,17H,2,4-5,8-9,14H2,1H3. The van der Waals surface area contributed by atoms with Gasteiger partial charge in [-0.3, -0.25) is 0 Å². The number of nitrogens with zero attached hydrogens (tertiary/aromatic N) is 2. The SMILES string of the molecule is CCCc1nc2c(N)cccc2n1CCCO. The molecule has 0 aliphatic heterocycles. The minimum Gasteiger partial charge on any atom is -0.397 e. The molecule has 0 atom stereocenters. The highest BCUT2D eigenvalue weighted by molar-refractivity contribution is 5.87. The molecular weight excluding hydrogens is 214 g/mol. The van der Waals surface area contributed by atoms with Crippen molar-refractivity contribution < 1.29 is 5.11 Å². The molecule has 3 N–H and O–H groups in total. The van der Waals surface area contributed by atoms with E-state index in [4.69, 9.17) is 10.8 Å². The number of anilines is 1. The predicted octanol–water partition coefficient (Wildman–Crippen LogP) is 1.95. The van der Waals surface area contributed by atoms with E-state index in [0.29, 0.717) is 0 Å². The highest BCUT2D eigenvalue weighted by atomic mass is 16.3. The summed E-state index contributed by atoms with van der Waals surface area (Å²) in [6.07, 6.45) is 2.75. The molecule has 1 aromatic carbocycles. The molecule has 0 saturated heterocycles. The van der Waals surface area contributed by atoms with Crippen molar-refractivity contribution in [3.63, 3.8) is 0 Å². The van der Waals surface area contributed by atoms with Gasteiger partial charge in [-0.25, -0.2) is 4.98 Å². The fourth-order valence-corrected chi connectivity index (χ4v) is 2.11. The van der Waals surface area contributed by atoms with Gasteiger partial charge in [0.2, 0.25) is 0 Å². The van der Waals surface area contributed by atoms with E-state index in [0.717, 1.165) is 48.4 Å². The van der Waals surface area contributed by atoms with Gasteiger partial charge in [0, 0.05) is 19.6 Å². The van der Waals surface area contributed by atoms with Crippen molar-refractivity contribution in [1.82, 2.24) is 9.55 Å². The van der Waals surface area contributed by atoms with Crippen LogP contribution in [0.3, 0.4) is 0 Å². The third kappa shape index (κ3) is 2.26. The molecule has 0 spiro atoms. The first kappa shape index (κ1) is 11.9. The average molecular weight is 233 g/mol. The molecule has 92 valence electrons. The zero-order valence-corrected chi connectivity index (χ0v) is 10.2. The Labute approximate surface area is 101 Å². The molecular formula is C13H19N3O. The molecule has 0 bridgehead atoms. The molecule has 0 unspecified atom stereocenters. The predicted molar refractivity (Wildman–Crippen MR) is 69.8 cm³/mol. The number of para-hydroxylation sites is 1. The van der Waals surface area contributed by atoms with Gasteiger partial charge in [0.15, 0.2) is 0 Å². The van der Waals surface area contributed by atoms with E-state index in [2.05, 4.69) is 16.5 Å². The zero-order chi connectivity index (χ0) is 12.3. The lowest BCUT2D eigenvalue weighted by atomic mass is 10.2. The first-order chi connectivity index (χ1) is 8.27. The van der Waals surface area contributed by atoms with Gasteiger partial charge < -0.3 is 15.4 Å². The van der Waals surface area contributed by atoms with Gasteiger partial charge >= 0.3 is 0 Å². The van der Waals surface area contributed by atoms with Crippen LogP contribution in [0.5, 0.6) is 0 Å². The quantitative estimate of drug-likeness (QED) is 0.776. The molecule has 0 radical (unpaired) electrons. The Morgan fingerprint density at radius 3 is 2.94 bits per heavy atom. The monoisotopic (exact) mass is 233 g/mol. The first-order valence-electron chi connectivity index (χ1n) is 6.12. The van der Waals surface area contributed by atoms with Crippen molar-refractivity contribution in [3.05, 3.63) is 24.0 Å². The topological polar surface area (TPSA) is 64.1 Å². The van der Waals surface area contributed by atoms with Crippen molar-refractivity contribution >= 4 is 16.7 Å². The summed E-state index contributed by atoms with van der Waals surface area (Å²) in [5.41, 5.74) is 8.62. The smallest absolute Gasteiger partial charge is 0.112 e. The van der Waals surface area contributed by atoms with Crippen molar-refractivity contribution in [1.29, 1.82) is 0 Å². The van der Waals surface area contributed by atoms with E-state index in [-0.39, 0.29) is 6.61 Å². The van der Waals surface area contributed by atoms with Gasteiger partial charge in [-0.1, -0.05) is 13.0 Å². The number of nitrogen functional groups attached to an aromatic ring is 1. The fraction of sp³-hybridized carbons (Fsp3) is 0.462. The van der Waals surface area contributed by atoms with E-state index in [1.807, 2.05) is 18.2 Å². The van der Waals surface area contributed by atoms with E-state index in [1.165, 1.54) is 0 Å². The number of rotatable bonds is 5. The Bertz CT molecular complexity index is 505. The molecule has 4 heteroatoms. The van der Waals surface area contributed by atoms with E-state index >= 15 is 0 Å². The molecule has 2 rings (SSSR count). The third-order valence-corrected chi connectivity index (χ3v) is 2.90. The Balaban J connectivity index is 2.50. The van der Waals surface area contributed by atoms with Gasteiger partial charge in [-0.15, -0.1) is 0 Å². The molecule has 17 heavy (non-hydrogen) atoms. The Hall–Kier alpha value is -1.55. The number of hydrogen-bond donors (Lipinski definition) is 2. The Morgan fingerprint density at radius 2 is 2.24 bits per heavy atom. The normalized spacial score (nSPS) is 11.2. The Morgan fingerprint density at radius 1 is 1.41 bits per heavy atom. The lowest BCUT2D eigenvalue weighted by Gasteiger charge is -2.07. The second-order valence-electron chi connectivity index (χ2n) is 4.22. The number of imidazole rings is 1. The van der Waals surface area contributed by atoms with Crippen LogP contribution in [0.25, 0.3) is 11.0 Å². The summed E-state index contributed by atoms with van der Waals surface area (Å²) < 4.78 is 2.17. The number of fused-ring (bicyclic) bond motifs is 1. The number of aliphatic hydroxyl groups excluding tert-OH is 1. The molecule has 1 heterocycles. The summed E-state index contributed by atoms with van der Waals surface area (Å²) in [6, 6.07) is 5.86. The van der Waals surface area contributed by atoms with E-state index < -0.39 is 0 Å². The molecule has 0 aliphatic carbocycles. The molecule has 0 fully saturated rings. The second-order valence-corrected chi connectivity index (χ2v) is 4.22. The highest BCUT2D eigenvalue weighted by Crippen LogP contribution is 2.22. The molecule has 4 nitrogen and oxygen atoms in total. The maximum atomic E-state index is 8.95. The second kappa shape index (κ2) is 5.19. The lowest BCUT2D eigenvalue weighted by molar-refractivity contribution is 0.280. The largest absolute Gasteiger partial charge is 0.397 e. The third-order valence-electron chi connectivity index (χ3n) is 2.90. The summed E-state index contributed by atoms with van der Waals surface area (Å²) in [5, 5.41) is 8.95. The number of hydrogen-bond acceptors (Lipinski definition) is 3. The lowest BCUT2D eigenvalue weighted by Crippen LogP contribution is -2.05. The van der Waals surface area contributed by atoms with Crippen LogP contribution >= 0.6 is 0 Å². The van der Waals surface area contributed by atoms with Crippen molar-refractivity contribution in [2.45, 2.75) is 32.7 Å². The minimum atomic E-state index is 0.202. The zero-order valence-electron chi connectivity index (χ0n) is 10.2. The maximum absolute atomic E-state index is 8.95. The van der Waals surface area contributed by atoms with Crippen molar-refractivity contribution in [2.24, 2.45) is 0 Å².